The average molecular weight is 400 g/mol. The van der Waals surface area contributed by atoms with Gasteiger partial charge in [-0.1, -0.05) is 43.2 Å². The van der Waals surface area contributed by atoms with Gasteiger partial charge in [0.05, 0.1) is 17.7 Å². The number of hydrogen-bond acceptors (Lipinski definition) is 4. The van der Waals surface area contributed by atoms with Crippen molar-refractivity contribution in [3.63, 3.8) is 0 Å². The number of amides is 1. The first-order valence-corrected chi connectivity index (χ1v) is 10.6. The van der Waals surface area contributed by atoms with Gasteiger partial charge in [0, 0.05) is 38.6 Å². The van der Waals surface area contributed by atoms with Crippen molar-refractivity contribution < 1.29 is 4.79 Å². The summed E-state index contributed by atoms with van der Waals surface area (Å²) < 4.78 is 0. The van der Waals surface area contributed by atoms with Crippen molar-refractivity contribution >= 4 is 23.2 Å². The lowest BCUT2D eigenvalue weighted by Crippen LogP contribution is -2.49. The molecular weight excluding hydrogens is 370 g/mol. The van der Waals surface area contributed by atoms with Crippen molar-refractivity contribution in [2.75, 3.05) is 27.7 Å². The molecule has 28 heavy (non-hydrogen) atoms. The second-order valence-corrected chi connectivity index (χ2v) is 8.40. The molecule has 2 aromatic rings. The van der Waals surface area contributed by atoms with Gasteiger partial charge in [-0.3, -0.25) is 9.79 Å². The lowest BCUT2D eigenvalue weighted by atomic mass is 9.84. The number of aromatic nitrogens is 1. The van der Waals surface area contributed by atoms with Gasteiger partial charge >= 0.3 is 0 Å². The second-order valence-electron chi connectivity index (χ2n) is 7.46. The van der Waals surface area contributed by atoms with Crippen LogP contribution in [0.25, 0.3) is 11.3 Å². The highest BCUT2D eigenvalue weighted by Gasteiger charge is 2.42. The monoisotopic (exact) mass is 399 g/mol. The number of rotatable bonds is 6. The Morgan fingerprint density at radius 3 is 2.57 bits per heavy atom. The molecule has 7 heteroatoms. The van der Waals surface area contributed by atoms with Crippen LogP contribution in [0.1, 0.15) is 30.7 Å². The van der Waals surface area contributed by atoms with Crippen molar-refractivity contribution in [3.05, 3.63) is 40.7 Å². The van der Waals surface area contributed by atoms with Crippen molar-refractivity contribution in [2.24, 2.45) is 10.4 Å². The zero-order chi connectivity index (χ0) is 20.0. The van der Waals surface area contributed by atoms with Crippen molar-refractivity contribution in [1.82, 2.24) is 20.5 Å². The molecule has 6 nitrogen and oxygen atoms in total. The van der Waals surface area contributed by atoms with Crippen LogP contribution in [-0.2, 0) is 11.3 Å². The minimum Gasteiger partial charge on any atom is -0.355 e. The van der Waals surface area contributed by atoms with Gasteiger partial charge in [0.25, 0.3) is 0 Å². The summed E-state index contributed by atoms with van der Waals surface area (Å²) in [5, 5.41) is 9.76. The fourth-order valence-electron chi connectivity index (χ4n) is 3.76. The summed E-state index contributed by atoms with van der Waals surface area (Å²) in [5.41, 5.74) is 1.80. The summed E-state index contributed by atoms with van der Waals surface area (Å²) in [5.74, 6) is 0.912. The number of guanidine groups is 1. The molecule has 1 saturated carbocycles. The van der Waals surface area contributed by atoms with Crippen LogP contribution in [0.5, 0.6) is 0 Å². The third-order valence-electron chi connectivity index (χ3n) is 5.27. The predicted octanol–water partition coefficient (Wildman–Crippen LogP) is 3.12. The molecule has 0 aliphatic heterocycles. The molecule has 1 aromatic heterocycles. The van der Waals surface area contributed by atoms with E-state index in [-0.39, 0.29) is 11.3 Å². The predicted molar refractivity (Wildman–Crippen MR) is 115 cm³/mol. The first kappa shape index (κ1) is 20.3. The first-order chi connectivity index (χ1) is 13.5. The van der Waals surface area contributed by atoms with E-state index in [0.717, 1.165) is 41.9 Å². The molecule has 1 aliphatic rings. The quantitative estimate of drug-likeness (QED) is 0.578. The minimum absolute atomic E-state index is 0.209. The highest BCUT2D eigenvalue weighted by atomic mass is 32.1. The average Bonchev–Trinajstić information content (AvgIpc) is 3.38. The Kier molecular flexibility index (Phi) is 6.67. The van der Waals surface area contributed by atoms with Crippen molar-refractivity contribution in [2.45, 2.75) is 32.2 Å². The molecule has 0 bridgehead atoms. The van der Waals surface area contributed by atoms with Crippen molar-refractivity contribution in [1.29, 1.82) is 0 Å². The molecule has 1 heterocycles. The molecule has 1 aliphatic carbocycles. The third kappa shape index (κ3) is 4.70. The Labute approximate surface area is 171 Å². The zero-order valence-corrected chi connectivity index (χ0v) is 17.7. The van der Waals surface area contributed by atoms with Crippen LogP contribution in [-0.4, -0.2) is 49.4 Å². The van der Waals surface area contributed by atoms with Gasteiger partial charge in [0.2, 0.25) is 5.91 Å². The number of nitrogens with one attached hydrogen (secondary N) is 2. The maximum absolute atomic E-state index is 12.7. The highest BCUT2D eigenvalue weighted by molar-refractivity contribution is 7.09. The van der Waals surface area contributed by atoms with Gasteiger partial charge in [-0.2, -0.15) is 0 Å². The molecule has 3 rings (SSSR count). The first-order valence-electron chi connectivity index (χ1n) is 9.70. The van der Waals surface area contributed by atoms with Gasteiger partial charge < -0.3 is 15.5 Å². The van der Waals surface area contributed by atoms with E-state index in [1.165, 1.54) is 0 Å². The molecule has 0 saturated heterocycles. The molecule has 1 aromatic carbocycles. The fraction of sp³-hybridized carbons (Fsp3) is 0.476. The number of carbonyl (C=O) groups excluding carboxylic acids is 1. The SMILES string of the molecule is CN=C(NCc1nc(-c2ccccc2)cs1)NCC1(C(=O)N(C)C)CCCC1. The Morgan fingerprint density at radius 2 is 1.93 bits per heavy atom. The summed E-state index contributed by atoms with van der Waals surface area (Å²) in [6.07, 6.45) is 4.07. The van der Waals surface area contributed by atoms with Crippen LogP contribution < -0.4 is 10.6 Å². The molecule has 1 amide bonds. The number of nitrogens with zero attached hydrogens (tertiary/aromatic N) is 3. The normalized spacial score (nSPS) is 16.0. The smallest absolute Gasteiger partial charge is 0.230 e. The van der Waals surface area contributed by atoms with Gasteiger partial charge in [-0.25, -0.2) is 4.98 Å². The standard InChI is InChI=1S/C21H29N5OS/c1-22-20(24-15-21(11-7-8-12-21)19(27)26(2)3)23-13-18-25-17(14-28-18)16-9-5-4-6-10-16/h4-6,9-10,14H,7-8,11-13,15H2,1-3H3,(H2,22,23,24). The maximum atomic E-state index is 12.7. The Bertz CT molecular complexity index is 809. The van der Waals surface area contributed by atoms with Crippen molar-refractivity contribution in [3.8, 4) is 11.3 Å². The van der Waals surface area contributed by atoms with E-state index >= 15 is 0 Å². The topological polar surface area (TPSA) is 69.6 Å². The van der Waals surface area contributed by atoms with Crippen LogP contribution in [0.2, 0.25) is 0 Å². The highest BCUT2D eigenvalue weighted by Crippen LogP contribution is 2.38. The molecule has 2 N–H and O–H groups in total. The lowest BCUT2D eigenvalue weighted by molar-refractivity contribution is -0.138. The number of hydrogen-bond donors (Lipinski definition) is 2. The largest absolute Gasteiger partial charge is 0.355 e. The van der Waals surface area contributed by atoms with Gasteiger partial charge in [-0.05, 0) is 12.8 Å². The molecule has 1 fully saturated rings. The van der Waals surface area contributed by atoms with Gasteiger partial charge in [-0.15, -0.1) is 11.3 Å². The van der Waals surface area contributed by atoms with E-state index in [1.807, 2.05) is 32.3 Å². The van der Waals surface area contributed by atoms with Gasteiger partial charge in [0.15, 0.2) is 5.96 Å². The van der Waals surface area contributed by atoms with Crippen LogP contribution in [0.3, 0.4) is 0 Å². The Balaban J connectivity index is 1.57. The number of thiazole rings is 1. The van der Waals surface area contributed by atoms with Crippen LogP contribution in [0, 0.1) is 5.41 Å². The number of aliphatic imine (C=N–C) groups is 1. The maximum Gasteiger partial charge on any atom is 0.230 e. The van der Waals surface area contributed by atoms with Gasteiger partial charge in [0.1, 0.15) is 5.01 Å². The van der Waals surface area contributed by atoms with E-state index in [4.69, 9.17) is 4.98 Å². The van der Waals surface area contributed by atoms with E-state index in [0.29, 0.717) is 19.0 Å². The summed E-state index contributed by atoms with van der Waals surface area (Å²) in [6, 6.07) is 10.2. The van der Waals surface area contributed by atoms with E-state index < -0.39 is 0 Å². The van der Waals surface area contributed by atoms with Crippen LogP contribution in [0.15, 0.2) is 40.7 Å². The van der Waals surface area contributed by atoms with E-state index in [2.05, 4.69) is 33.1 Å². The molecular formula is C21H29N5OS. The number of carbonyl (C=O) groups is 1. The second kappa shape index (κ2) is 9.19. The number of benzene rings is 1. The fourth-order valence-corrected chi connectivity index (χ4v) is 4.50. The van der Waals surface area contributed by atoms with E-state index in [9.17, 15) is 4.79 Å². The molecule has 0 unspecified atom stereocenters. The van der Waals surface area contributed by atoms with Crippen LogP contribution in [0.4, 0.5) is 0 Å². The lowest BCUT2D eigenvalue weighted by Gasteiger charge is -2.31. The Morgan fingerprint density at radius 1 is 1.21 bits per heavy atom. The summed E-state index contributed by atoms with van der Waals surface area (Å²) >= 11 is 1.63. The molecule has 150 valence electrons. The minimum atomic E-state index is -0.317. The third-order valence-corrected chi connectivity index (χ3v) is 6.12. The summed E-state index contributed by atoms with van der Waals surface area (Å²) in [7, 11) is 5.42. The summed E-state index contributed by atoms with van der Waals surface area (Å²) in [6.45, 7) is 1.21. The van der Waals surface area contributed by atoms with E-state index in [1.54, 1.807) is 23.3 Å². The molecule has 0 spiro atoms. The zero-order valence-electron chi connectivity index (χ0n) is 16.9. The summed E-state index contributed by atoms with van der Waals surface area (Å²) in [4.78, 5) is 23.4. The Hall–Kier alpha value is -2.41. The molecule has 0 radical (unpaired) electrons. The molecule has 0 atom stereocenters. The van der Waals surface area contributed by atoms with Crippen LogP contribution >= 0.6 is 11.3 Å².